The molecule has 31 heavy (non-hydrogen) atoms. The summed E-state index contributed by atoms with van der Waals surface area (Å²) in [6, 6.07) is 7.06. The molecule has 1 aromatic carbocycles. The van der Waals surface area contributed by atoms with Crippen LogP contribution in [0.15, 0.2) is 36.5 Å². The van der Waals surface area contributed by atoms with Gasteiger partial charge in [-0.25, -0.2) is 9.50 Å². The number of nitrogens with one attached hydrogen (secondary N) is 1. The molecular weight excluding hydrogens is 409 g/mol. The maximum Gasteiger partial charge on any atom is 0.418 e. The monoisotopic (exact) mass is 432 g/mol. The molecule has 1 fully saturated rings. The molecule has 1 amide bonds. The Labute approximate surface area is 177 Å². The van der Waals surface area contributed by atoms with Gasteiger partial charge in [-0.05, 0) is 38.0 Å². The summed E-state index contributed by atoms with van der Waals surface area (Å²) in [5.41, 5.74) is 0.311. The van der Waals surface area contributed by atoms with Gasteiger partial charge >= 0.3 is 6.18 Å². The van der Waals surface area contributed by atoms with E-state index >= 15 is 0 Å². The molecule has 1 saturated carbocycles. The second-order valence-corrected chi connectivity index (χ2v) is 7.62. The van der Waals surface area contributed by atoms with Gasteiger partial charge in [-0.3, -0.25) is 4.79 Å². The quantitative estimate of drug-likeness (QED) is 0.592. The second kappa shape index (κ2) is 8.56. The van der Waals surface area contributed by atoms with Gasteiger partial charge in [0.2, 0.25) is 11.8 Å². The zero-order chi connectivity index (χ0) is 22.0. The lowest BCUT2D eigenvalue weighted by atomic mass is 9.88. The van der Waals surface area contributed by atoms with Crippen LogP contribution in [-0.4, -0.2) is 27.1 Å². The number of fused-ring (bicyclic) bond motifs is 1. The molecule has 6 nitrogen and oxygen atoms in total. The van der Waals surface area contributed by atoms with Crippen molar-refractivity contribution < 1.29 is 22.7 Å². The van der Waals surface area contributed by atoms with Crippen molar-refractivity contribution in [3.05, 3.63) is 42.1 Å². The van der Waals surface area contributed by atoms with Crippen LogP contribution in [0.2, 0.25) is 0 Å². The highest BCUT2D eigenvalue weighted by Crippen LogP contribution is 2.38. The van der Waals surface area contributed by atoms with E-state index in [1.807, 2.05) is 6.92 Å². The average molecular weight is 432 g/mol. The largest absolute Gasteiger partial charge is 0.477 e. The summed E-state index contributed by atoms with van der Waals surface area (Å²) in [4.78, 5) is 17.0. The number of carbonyl (C=O) groups excluding carboxylic acids is 1. The van der Waals surface area contributed by atoms with Gasteiger partial charge in [0.15, 0.2) is 5.65 Å². The lowest BCUT2D eigenvalue weighted by molar-refractivity contribution is -0.137. The summed E-state index contributed by atoms with van der Waals surface area (Å²) in [6.45, 7) is 2.31. The number of alkyl halides is 3. The summed E-state index contributed by atoms with van der Waals surface area (Å²) >= 11 is 0. The van der Waals surface area contributed by atoms with Gasteiger partial charge < -0.3 is 10.1 Å². The van der Waals surface area contributed by atoms with Gasteiger partial charge in [0, 0.05) is 17.5 Å². The van der Waals surface area contributed by atoms with Crippen molar-refractivity contribution in [1.82, 2.24) is 14.6 Å². The van der Waals surface area contributed by atoms with E-state index in [9.17, 15) is 18.0 Å². The fraction of sp³-hybridized carbons (Fsp3) is 0.409. The Morgan fingerprint density at radius 2 is 1.97 bits per heavy atom. The molecule has 164 valence electrons. The van der Waals surface area contributed by atoms with Gasteiger partial charge in [0.1, 0.15) is 0 Å². The minimum atomic E-state index is -4.58. The van der Waals surface area contributed by atoms with Gasteiger partial charge in [0.05, 0.1) is 29.7 Å². The maximum absolute atomic E-state index is 13.6. The first-order valence-corrected chi connectivity index (χ1v) is 10.4. The van der Waals surface area contributed by atoms with E-state index in [0.717, 1.165) is 25.3 Å². The molecule has 1 aliphatic rings. The van der Waals surface area contributed by atoms with Crippen LogP contribution in [0.4, 0.5) is 18.9 Å². The number of rotatable bonds is 5. The number of anilines is 1. The van der Waals surface area contributed by atoms with Crippen molar-refractivity contribution >= 4 is 17.2 Å². The van der Waals surface area contributed by atoms with Crippen LogP contribution in [0.3, 0.4) is 0 Å². The molecule has 0 atom stereocenters. The van der Waals surface area contributed by atoms with E-state index in [1.165, 1.54) is 16.6 Å². The van der Waals surface area contributed by atoms with Gasteiger partial charge in [-0.1, -0.05) is 25.3 Å². The van der Waals surface area contributed by atoms with E-state index in [2.05, 4.69) is 15.4 Å². The van der Waals surface area contributed by atoms with Crippen LogP contribution in [0.5, 0.6) is 5.88 Å². The molecule has 0 bridgehead atoms. The Hall–Kier alpha value is -3.10. The molecule has 0 radical (unpaired) electrons. The van der Waals surface area contributed by atoms with Crippen molar-refractivity contribution in [2.75, 3.05) is 11.9 Å². The summed E-state index contributed by atoms with van der Waals surface area (Å²) in [5, 5.41) is 6.81. The second-order valence-electron chi connectivity index (χ2n) is 7.62. The highest BCUT2D eigenvalue weighted by atomic mass is 19.4. The Morgan fingerprint density at radius 3 is 2.68 bits per heavy atom. The molecule has 3 aromatic rings. The van der Waals surface area contributed by atoms with Crippen LogP contribution in [-0.2, 0) is 11.0 Å². The molecular formula is C22H23F3N4O2. The predicted octanol–water partition coefficient (Wildman–Crippen LogP) is 5.33. The zero-order valence-electron chi connectivity index (χ0n) is 17.1. The number of imidazole rings is 1. The Balaban J connectivity index is 1.68. The molecule has 2 aromatic heterocycles. The molecule has 0 saturated heterocycles. The Morgan fingerprint density at radius 1 is 1.19 bits per heavy atom. The maximum atomic E-state index is 13.6. The Kier molecular flexibility index (Phi) is 5.84. The highest BCUT2D eigenvalue weighted by Gasteiger charge is 2.35. The van der Waals surface area contributed by atoms with Crippen molar-refractivity contribution in [2.24, 2.45) is 5.92 Å². The number of carbonyl (C=O) groups is 1. The minimum Gasteiger partial charge on any atom is -0.477 e. The van der Waals surface area contributed by atoms with Gasteiger partial charge in [0.25, 0.3) is 0 Å². The zero-order valence-corrected chi connectivity index (χ0v) is 17.1. The lowest BCUT2D eigenvalue weighted by Crippen LogP contribution is -2.26. The molecule has 1 aliphatic carbocycles. The first kappa shape index (κ1) is 21.1. The number of ether oxygens (including phenoxy) is 1. The molecule has 0 aliphatic heterocycles. The SMILES string of the molecule is CCOc1ccc2nc(-c3ccc(C(F)(F)F)c(NC(=O)C4CCCCC4)c3)cn2n1. The van der Waals surface area contributed by atoms with E-state index in [0.29, 0.717) is 42.2 Å². The van der Waals surface area contributed by atoms with E-state index in [1.54, 1.807) is 18.3 Å². The third kappa shape index (κ3) is 4.65. The van der Waals surface area contributed by atoms with Gasteiger partial charge in [-0.15, -0.1) is 5.10 Å². The van der Waals surface area contributed by atoms with Crippen molar-refractivity contribution in [3.63, 3.8) is 0 Å². The summed E-state index contributed by atoms with van der Waals surface area (Å²) in [5.74, 6) is -0.193. The molecule has 0 unspecified atom stereocenters. The molecule has 2 heterocycles. The Bertz CT molecular complexity index is 1090. The minimum absolute atomic E-state index is 0.249. The first-order chi connectivity index (χ1) is 14.8. The summed E-state index contributed by atoms with van der Waals surface area (Å²) in [6.07, 6.45) is 1.33. The summed E-state index contributed by atoms with van der Waals surface area (Å²) in [7, 11) is 0. The number of halogens is 3. The van der Waals surface area contributed by atoms with Crippen molar-refractivity contribution in [3.8, 4) is 17.1 Å². The molecule has 4 rings (SSSR count). The van der Waals surface area contributed by atoms with E-state index in [-0.39, 0.29) is 17.5 Å². The normalized spacial score (nSPS) is 15.2. The van der Waals surface area contributed by atoms with Crippen LogP contribution in [0.25, 0.3) is 16.9 Å². The number of amides is 1. The van der Waals surface area contributed by atoms with E-state index < -0.39 is 11.7 Å². The molecule has 9 heteroatoms. The van der Waals surface area contributed by atoms with Crippen LogP contribution < -0.4 is 10.1 Å². The summed E-state index contributed by atoms with van der Waals surface area (Å²) < 4.78 is 47.6. The van der Waals surface area contributed by atoms with Crippen molar-refractivity contribution in [1.29, 1.82) is 0 Å². The fourth-order valence-electron chi connectivity index (χ4n) is 3.88. The molecule has 1 N–H and O–H groups in total. The molecule has 0 spiro atoms. The van der Waals surface area contributed by atoms with Crippen LogP contribution in [0.1, 0.15) is 44.6 Å². The first-order valence-electron chi connectivity index (χ1n) is 10.4. The number of nitrogens with zero attached hydrogens (tertiary/aromatic N) is 3. The average Bonchev–Trinajstić information content (AvgIpc) is 3.17. The number of benzene rings is 1. The van der Waals surface area contributed by atoms with Crippen LogP contribution >= 0.6 is 0 Å². The smallest absolute Gasteiger partial charge is 0.418 e. The standard InChI is InChI=1S/C22H23F3N4O2/c1-2-31-20-11-10-19-26-18(13-29(19)28-20)15-8-9-16(22(23,24)25)17(12-15)27-21(30)14-6-4-3-5-7-14/h8-14H,2-7H2,1H3,(H,27,30). The predicted molar refractivity (Wildman–Crippen MR) is 110 cm³/mol. The van der Waals surface area contributed by atoms with E-state index in [4.69, 9.17) is 4.74 Å². The fourth-order valence-corrected chi connectivity index (χ4v) is 3.88. The van der Waals surface area contributed by atoms with Gasteiger partial charge in [-0.2, -0.15) is 13.2 Å². The topological polar surface area (TPSA) is 68.5 Å². The number of hydrogen-bond donors (Lipinski definition) is 1. The third-order valence-electron chi connectivity index (χ3n) is 5.44. The number of hydrogen-bond acceptors (Lipinski definition) is 4. The highest BCUT2D eigenvalue weighted by molar-refractivity contribution is 5.94. The number of aromatic nitrogens is 3. The van der Waals surface area contributed by atoms with Crippen LogP contribution in [0, 0.1) is 5.92 Å². The third-order valence-corrected chi connectivity index (χ3v) is 5.44. The lowest BCUT2D eigenvalue weighted by Gasteiger charge is -2.22. The van der Waals surface area contributed by atoms with Crippen molar-refractivity contribution in [2.45, 2.75) is 45.2 Å².